The maximum Gasteiger partial charge on any atom is 0.242 e. The summed E-state index contributed by atoms with van der Waals surface area (Å²) >= 11 is 0. The first-order valence-electron chi connectivity index (χ1n) is 8.08. The van der Waals surface area contributed by atoms with Gasteiger partial charge in [0.2, 0.25) is 5.91 Å². The van der Waals surface area contributed by atoms with Crippen LogP contribution in [0.3, 0.4) is 0 Å². The van der Waals surface area contributed by atoms with Gasteiger partial charge in [-0.15, -0.1) is 0 Å². The zero-order valence-corrected chi connectivity index (χ0v) is 13.9. The van der Waals surface area contributed by atoms with E-state index in [0.717, 1.165) is 30.5 Å². The highest BCUT2D eigenvalue weighted by atomic mass is 19.1. The lowest BCUT2D eigenvalue weighted by atomic mass is 10.1. The molecular formula is C18H21FN4O. The topological polar surface area (TPSA) is 58.1 Å². The molecule has 1 aromatic carbocycles. The first-order valence-corrected chi connectivity index (χ1v) is 8.08. The van der Waals surface area contributed by atoms with Crippen molar-refractivity contribution in [3.63, 3.8) is 0 Å². The van der Waals surface area contributed by atoms with E-state index < -0.39 is 6.04 Å². The van der Waals surface area contributed by atoms with Gasteiger partial charge in [-0.1, -0.05) is 12.1 Å². The summed E-state index contributed by atoms with van der Waals surface area (Å²) in [6.45, 7) is 0.289. The molecule has 126 valence electrons. The van der Waals surface area contributed by atoms with Crippen molar-refractivity contribution in [2.75, 3.05) is 14.1 Å². The fourth-order valence-electron chi connectivity index (χ4n) is 3.03. The maximum atomic E-state index is 13.1. The van der Waals surface area contributed by atoms with Gasteiger partial charge in [-0.25, -0.2) is 14.4 Å². The number of benzene rings is 1. The number of carbonyl (C=O) groups is 1. The van der Waals surface area contributed by atoms with Gasteiger partial charge in [-0.05, 0) is 56.6 Å². The van der Waals surface area contributed by atoms with Gasteiger partial charge in [0.15, 0.2) is 0 Å². The number of rotatable bonds is 5. The van der Waals surface area contributed by atoms with E-state index >= 15 is 0 Å². The summed E-state index contributed by atoms with van der Waals surface area (Å²) in [5.74, 6) is 0.152. The van der Waals surface area contributed by atoms with Gasteiger partial charge in [0.1, 0.15) is 17.7 Å². The molecule has 1 aromatic heterocycles. The number of likely N-dealkylation sites (N-methyl/N-ethyl adjacent to an activating group) is 1. The highest BCUT2D eigenvalue weighted by Crippen LogP contribution is 2.20. The van der Waals surface area contributed by atoms with Gasteiger partial charge >= 0.3 is 0 Å². The van der Waals surface area contributed by atoms with Gasteiger partial charge < -0.3 is 5.32 Å². The van der Waals surface area contributed by atoms with E-state index in [0.29, 0.717) is 5.82 Å². The summed E-state index contributed by atoms with van der Waals surface area (Å²) in [5.41, 5.74) is 3.05. The van der Waals surface area contributed by atoms with E-state index in [2.05, 4.69) is 15.3 Å². The molecule has 0 saturated heterocycles. The summed E-state index contributed by atoms with van der Waals surface area (Å²) in [6, 6.07) is 5.50. The molecule has 1 amide bonds. The molecule has 0 saturated carbocycles. The number of carbonyl (C=O) groups excluding carboxylic acids is 1. The lowest BCUT2D eigenvalue weighted by Gasteiger charge is -2.23. The summed E-state index contributed by atoms with van der Waals surface area (Å²) in [4.78, 5) is 23.2. The second-order valence-corrected chi connectivity index (χ2v) is 6.25. The van der Waals surface area contributed by atoms with Crippen LogP contribution in [0.1, 0.15) is 35.1 Å². The molecule has 0 unspecified atom stereocenters. The Kier molecular flexibility index (Phi) is 4.85. The van der Waals surface area contributed by atoms with E-state index in [1.54, 1.807) is 17.0 Å². The maximum absolute atomic E-state index is 13.1. The fraction of sp³-hybridized carbons (Fsp3) is 0.389. The molecule has 0 bridgehead atoms. The van der Waals surface area contributed by atoms with Crippen molar-refractivity contribution >= 4 is 5.91 Å². The second kappa shape index (κ2) is 7.05. The minimum Gasteiger partial charge on any atom is -0.347 e. The lowest BCUT2D eigenvalue weighted by Crippen LogP contribution is -2.37. The number of amides is 1. The van der Waals surface area contributed by atoms with Gasteiger partial charge in [-0.3, -0.25) is 9.69 Å². The Bertz CT molecular complexity index is 730. The van der Waals surface area contributed by atoms with E-state index in [1.807, 2.05) is 20.3 Å². The summed E-state index contributed by atoms with van der Waals surface area (Å²) in [7, 11) is 3.64. The number of nitrogens with one attached hydrogen (secondary N) is 1. The Balaban J connectivity index is 1.68. The largest absolute Gasteiger partial charge is 0.347 e. The third-order valence-electron chi connectivity index (χ3n) is 4.24. The normalized spacial score (nSPS) is 14.5. The molecule has 0 radical (unpaired) electrons. The SMILES string of the molecule is CN(C)[C@H](C(=O)NCc1ncc2c(n1)CCC2)c1ccc(F)cc1. The first kappa shape index (κ1) is 16.5. The molecule has 0 spiro atoms. The van der Waals surface area contributed by atoms with Crippen LogP contribution in [0.25, 0.3) is 0 Å². The Hall–Kier alpha value is -2.34. The molecule has 6 heteroatoms. The lowest BCUT2D eigenvalue weighted by molar-refractivity contribution is -0.126. The number of halogens is 1. The third-order valence-corrected chi connectivity index (χ3v) is 4.24. The van der Waals surface area contributed by atoms with E-state index in [1.165, 1.54) is 17.7 Å². The van der Waals surface area contributed by atoms with Crippen LogP contribution in [0.5, 0.6) is 0 Å². The van der Waals surface area contributed by atoms with Crippen molar-refractivity contribution in [3.05, 3.63) is 58.9 Å². The van der Waals surface area contributed by atoms with Crippen LogP contribution in [0.15, 0.2) is 30.5 Å². The average molecular weight is 328 g/mol. The van der Waals surface area contributed by atoms with Crippen molar-refractivity contribution in [3.8, 4) is 0 Å². The average Bonchev–Trinajstić information content (AvgIpc) is 3.02. The molecule has 3 rings (SSSR count). The Morgan fingerprint density at radius 1 is 1.29 bits per heavy atom. The molecule has 0 fully saturated rings. The van der Waals surface area contributed by atoms with Crippen molar-refractivity contribution in [2.45, 2.75) is 31.8 Å². The zero-order valence-electron chi connectivity index (χ0n) is 13.9. The van der Waals surface area contributed by atoms with E-state index in [4.69, 9.17) is 0 Å². The van der Waals surface area contributed by atoms with Crippen molar-refractivity contribution in [2.24, 2.45) is 0 Å². The van der Waals surface area contributed by atoms with Crippen LogP contribution in [0, 0.1) is 5.82 Å². The Morgan fingerprint density at radius 3 is 2.75 bits per heavy atom. The standard InChI is InChI=1S/C18H21FN4O/c1-23(2)17(12-6-8-14(19)9-7-12)18(24)21-11-16-20-10-13-4-3-5-15(13)22-16/h6-10,17H,3-5,11H2,1-2H3,(H,21,24)/t17-/m0/s1. The van der Waals surface area contributed by atoms with Gasteiger partial charge in [0.05, 0.1) is 6.54 Å². The van der Waals surface area contributed by atoms with Crippen LogP contribution in [0.4, 0.5) is 4.39 Å². The molecule has 0 aliphatic heterocycles. The van der Waals surface area contributed by atoms with Crippen LogP contribution in [-0.2, 0) is 24.2 Å². The molecule has 1 aliphatic carbocycles. The van der Waals surface area contributed by atoms with Gasteiger partial charge in [0.25, 0.3) is 0 Å². The Morgan fingerprint density at radius 2 is 2.04 bits per heavy atom. The molecular weight excluding hydrogens is 307 g/mol. The predicted molar refractivity (Wildman–Crippen MR) is 88.7 cm³/mol. The summed E-state index contributed by atoms with van der Waals surface area (Å²) in [6.07, 6.45) is 5.00. The minimum absolute atomic E-state index is 0.157. The molecule has 1 aliphatic rings. The summed E-state index contributed by atoms with van der Waals surface area (Å²) in [5, 5.41) is 2.89. The molecule has 1 N–H and O–H groups in total. The van der Waals surface area contributed by atoms with Crippen molar-refractivity contribution in [1.29, 1.82) is 0 Å². The summed E-state index contributed by atoms with van der Waals surface area (Å²) < 4.78 is 13.1. The number of hydrogen-bond donors (Lipinski definition) is 1. The number of aromatic nitrogens is 2. The number of aryl methyl sites for hydroxylation is 2. The molecule has 24 heavy (non-hydrogen) atoms. The van der Waals surface area contributed by atoms with Crippen molar-refractivity contribution in [1.82, 2.24) is 20.2 Å². The monoisotopic (exact) mass is 328 g/mol. The number of hydrogen-bond acceptors (Lipinski definition) is 4. The van der Waals surface area contributed by atoms with Crippen LogP contribution >= 0.6 is 0 Å². The fourth-order valence-corrected chi connectivity index (χ4v) is 3.03. The smallest absolute Gasteiger partial charge is 0.242 e. The van der Waals surface area contributed by atoms with E-state index in [9.17, 15) is 9.18 Å². The molecule has 2 aromatic rings. The predicted octanol–water partition coefficient (Wildman–Crippen LogP) is 2.02. The molecule has 5 nitrogen and oxygen atoms in total. The first-order chi connectivity index (χ1) is 11.5. The highest BCUT2D eigenvalue weighted by Gasteiger charge is 2.23. The number of nitrogens with zero attached hydrogens (tertiary/aromatic N) is 3. The molecule has 1 atom stereocenters. The van der Waals surface area contributed by atoms with Crippen LogP contribution < -0.4 is 5.32 Å². The number of fused-ring (bicyclic) bond motifs is 1. The zero-order chi connectivity index (χ0) is 17.1. The van der Waals surface area contributed by atoms with Crippen LogP contribution in [-0.4, -0.2) is 34.9 Å². The third kappa shape index (κ3) is 3.59. The highest BCUT2D eigenvalue weighted by molar-refractivity contribution is 5.83. The molecule has 1 heterocycles. The minimum atomic E-state index is -0.486. The van der Waals surface area contributed by atoms with Gasteiger partial charge in [0, 0.05) is 11.9 Å². The van der Waals surface area contributed by atoms with Crippen LogP contribution in [0.2, 0.25) is 0 Å². The van der Waals surface area contributed by atoms with E-state index in [-0.39, 0.29) is 18.3 Å². The van der Waals surface area contributed by atoms with Gasteiger partial charge in [-0.2, -0.15) is 0 Å². The quantitative estimate of drug-likeness (QED) is 0.912. The second-order valence-electron chi connectivity index (χ2n) is 6.25. The van der Waals surface area contributed by atoms with Crippen molar-refractivity contribution < 1.29 is 9.18 Å². The Labute approximate surface area is 140 Å².